The molecule has 1 unspecified atom stereocenters. The van der Waals surface area contributed by atoms with Gasteiger partial charge in [0, 0.05) is 86.2 Å². The molecule has 0 aliphatic carbocycles. The minimum absolute atomic E-state index is 0.0471. The fourth-order valence-corrected chi connectivity index (χ4v) is 6.83. The Hall–Kier alpha value is -3.01. The van der Waals surface area contributed by atoms with Gasteiger partial charge in [-0.05, 0) is 29.8 Å². The number of sulfonamides is 1. The highest BCUT2D eigenvalue weighted by atomic mass is 35.5. The van der Waals surface area contributed by atoms with Gasteiger partial charge in [-0.25, -0.2) is 8.42 Å². The van der Waals surface area contributed by atoms with E-state index < -0.39 is 33.8 Å². The standard InChI is InChI=1S/C29H34ClF3N6O4S/c1-44(42,43)38-10-9-26-24(18-38)27(19-5-7-20(8-6-19)29(31,32)33)35-39(26)16-21(40)15-36-11-13-37(14-12-36)17-23-22(28(34)41)3-2-4-25(23)30/h2-8,21,40H,9-18H2,1H3,(H2,34,41). The molecule has 1 atom stereocenters. The van der Waals surface area contributed by atoms with Crippen LogP contribution in [0, 0.1) is 0 Å². The number of rotatable bonds is 9. The lowest BCUT2D eigenvalue weighted by Crippen LogP contribution is -2.48. The first kappa shape index (κ1) is 32.4. The number of carbonyl (C=O) groups is 1. The number of aromatic nitrogens is 2. The van der Waals surface area contributed by atoms with Crippen LogP contribution in [0.2, 0.25) is 5.02 Å². The number of carbonyl (C=O) groups excluding carboxylic acids is 1. The molecule has 5 rings (SSSR count). The van der Waals surface area contributed by atoms with Crippen molar-refractivity contribution in [2.45, 2.75) is 38.3 Å². The number of halogens is 4. The minimum atomic E-state index is -4.49. The molecule has 44 heavy (non-hydrogen) atoms. The summed E-state index contributed by atoms with van der Waals surface area (Å²) in [7, 11) is -3.50. The summed E-state index contributed by atoms with van der Waals surface area (Å²) in [6.45, 7) is 3.99. The summed E-state index contributed by atoms with van der Waals surface area (Å²) < 4.78 is 67.0. The maximum absolute atomic E-state index is 13.1. The largest absolute Gasteiger partial charge is 0.416 e. The molecule has 0 spiro atoms. The molecule has 1 saturated heterocycles. The summed E-state index contributed by atoms with van der Waals surface area (Å²) in [5.74, 6) is -0.532. The van der Waals surface area contributed by atoms with Gasteiger partial charge in [0.15, 0.2) is 0 Å². The van der Waals surface area contributed by atoms with Crippen molar-refractivity contribution in [1.29, 1.82) is 0 Å². The third kappa shape index (κ3) is 7.27. The number of piperazine rings is 1. The number of alkyl halides is 3. The van der Waals surface area contributed by atoms with Crippen LogP contribution < -0.4 is 5.73 Å². The molecule has 2 aromatic carbocycles. The summed E-state index contributed by atoms with van der Waals surface area (Å²) in [5, 5.41) is 16.2. The number of fused-ring (bicyclic) bond motifs is 1. The van der Waals surface area contributed by atoms with Crippen LogP contribution >= 0.6 is 11.6 Å². The van der Waals surface area contributed by atoms with Crippen molar-refractivity contribution < 1.29 is 31.5 Å². The number of hydrogen-bond acceptors (Lipinski definition) is 7. The number of amides is 1. The van der Waals surface area contributed by atoms with E-state index in [4.69, 9.17) is 17.3 Å². The molecule has 2 aliphatic heterocycles. The monoisotopic (exact) mass is 654 g/mol. The van der Waals surface area contributed by atoms with Crippen molar-refractivity contribution in [2.75, 3.05) is 45.5 Å². The molecule has 3 aromatic rings. The quantitative estimate of drug-likeness (QED) is 0.364. The van der Waals surface area contributed by atoms with Gasteiger partial charge in [-0.15, -0.1) is 0 Å². The Kier molecular flexibility index (Phi) is 9.40. The molecule has 0 radical (unpaired) electrons. The highest BCUT2D eigenvalue weighted by molar-refractivity contribution is 7.88. The van der Waals surface area contributed by atoms with E-state index in [1.807, 2.05) is 0 Å². The third-order valence-electron chi connectivity index (χ3n) is 8.14. The van der Waals surface area contributed by atoms with Crippen LogP contribution in [0.15, 0.2) is 42.5 Å². The Morgan fingerprint density at radius 3 is 2.32 bits per heavy atom. The lowest BCUT2D eigenvalue weighted by atomic mass is 10.0. The summed E-state index contributed by atoms with van der Waals surface area (Å²) in [4.78, 5) is 16.1. The SMILES string of the molecule is CS(=O)(=O)N1CCc2c(c(-c3ccc(C(F)(F)F)cc3)nn2CC(O)CN2CCN(Cc3c(Cl)cccc3C(N)=O)CC2)C1. The summed E-state index contributed by atoms with van der Waals surface area (Å²) in [6.07, 6.45) is -3.81. The third-order valence-corrected chi connectivity index (χ3v) is 9.74. The van der Waals surface area contributed by atoms with Crippen molar-refractivity contribution in [3.63, 3.8) is 0 Å². The molecule has 1 fully saturated rings. The van der Waals surface area contributed by atoms with E-state index in [2.05, 4.69) is 14.9 Å². The average molecular weight is 655 g/mol. The molecular weight excluding hydrogens is 621 g/mol. The Labute approximate surface area is 258 Å². The lowest BCUT2D eigenvalue weighted by Gasteiger charge is -2.36. The maximum Gasteiger partial charge on any atom is 0.416 e. The molecule has 2 aliphatic rings. The second-order valence-corrected chi connectivity index (χ2v) is 13.6. The Bertz CT molecular complexity index is 1620. The van der Waals surface area contributed by atoms with Crippen LogP contribution in [0.4, 0.5) is 13.2 Å². The normalized spacial score (nSPS) is 17.9. The van der Waals surface area contributed by atoms with Gasteiger partial charge in [0.2, 0.25) is 15.9 Å². The molecule has 3 heterocycles. The van der Waals surface area contributed by atoms with Gasteiger partial charge in [-0.3, -0.25) is 19.3 Å². The number of nitrogens with zero attached hydrogens (tertiary/aromatic N) is 5. The number of hydrogen-bond donors (Lipinski definition) is 2. The van der Waals surface area contributed by atoms with E-state index in [9.17, 15) is 31.5 Å². The van der Waals surface area contributed by atoms with Crippen molar-refractivity contribution in [3.8, 4) is 11.3 Å². The van der Waals surface area contributed by atoms with E-state index in [1.54, 1.807) is 22.9 Å². The summed E-state index contributed by atoms with van der Waals surface area (Å²) in [5.41, 5.74) is 8.04. The van der Waals surface area contributed by atoms with Crippen LogP contribution in [0.5, 0.6) is 0 Å². The second-order valence-electron chi connectivity index (χ2n) is 11.2. The van der Waals surface area contributed by atoms with Gasteiger partial charge in [0.1, 0.15) is 0 Å². The summed E-state index contributed by atoms with van der Waals surface area (Å²) >= 11 is 6.35. The summed E-state index contributed by atoms with van der Waals surface area (Å²) in [6, 6.07) is 9.70. The Morgan fingerprint density at radius 1 is 1.05 bits per heavy atom. The molecule has 0 bridgehead atoms. The molecule has 0 saturated carbocycles. The second kappa shape index (κ2) is 12.8. The predicted molar refractivity (Wildman–Crippen MR) is 159 cm³/mol. The number of aliphatic hydroxyl groups excluding tert-OH is 1. The zero-order valence-corrected chi connectivity index (χ0v) is 25.7. The van der Waals surface area contributed by atoms with Crippen molar-refractivity contribution in [3.05, 3.63) is 75.4 Å². The zero-order chi connectivity index (χ0) is 31.8. The minimum Gasteiger partial charge on any atom is -0.390 e. The van der Waals surface area contributed by atoms with Gasteiger partial charge in [-0.1, -0.05) is 29.8 Å². The van der Waals surface area contributed by atoms with Crippen LogP contribution in [-0.2, 0) is 42.3 Å². The fraction of sp³-hybridized carbons (Fsp3) is 0.448. The molecule has 238 valence electrons. The number of nitrogens with two attached hydrogens (primary N) is 1. The topological polar surface area (TPSA) is 125 Å². The fourth-order valence-electron chi connectivity index (χ4n) is 5.81. The maximum atomic E-state index is 13.1. The van der Waals surface area contributed by atoms with Crippen LogP contribution in [0.25, 0.3) is 11.3 Å². The van der Waals surface area contributed by atoms with E-state index in [0.717, 1.165) is 24.1 Å². The number of aliphatic hydroxyl groups is 1. The van der Waals surface area contributed by atoms with Gasteiger partial charge in [0.25, 0.3) is 0 Å². The molecule has 1 amide bonds. The molecule has 1 aromatic heterocycles. The van der Waals surface area contributed by atoms with E-state index in [-0.39, 0.29) is 19.6 Å². The van der Waals surface area contributed by atoms with E-state index in [0.29, 0.717) is 78.7 Å². The van der Waals surface area contributed by atoms with Gasteiger partial charge >= 0.3 is 6.18 Å². The van der Waals surface area contributed by atoms with Crippen LogP contribution in [-0.4, -0.2) is 94.9 Å². The predicted octanol–water partition coefficient (Wildman–Crippen LogP) is 2.82. The van der Waals surface area contributed by atoms with Crippen LogP contribution in [0.1, 0.15) is 32.7 Å². The van der Waals surface area contributed by atoms with Gasteiger partial charge in [-0.2, -0.15) is 22.6 Å². The zero-order valence-electron chi connectivity index (χ0n) is 24.1. The van der Waals surface area contributed by atoms with Crippen molar-refractivity contribution in [1.82, 2.24) is 23.9 Å². The van der Waals surface area contributed by atoms with Crippen molar-refractivity contribution >= 4 is 27.5 Å². The molecular formula is C29H34ClF3N6O4S. The Balaban J connectivity index is 1.27. The smallest absolute Gasteiger partial charge is 0.390 e. The number of benzene rings is 2. The average Bonchev–Trinajstić information content (AvgIpc) is 3.31. The van der Waals surface area contributed by atoms with E-state index >= 15 is 0 Å². The van der Waals surface area contributed by atoms with Gasteiger partial charge < -0.3 is 10.8 Å². The molecule has 3 N–H and O–H groups in total. The molecule has 10 nitrogen and oxygen atoms in total. The van der Waals surface area contributed by atoms with E-state index in [1.165, 1.54) is 16.4 Å². The Morgan fingerprint density at radius 2 is 1.70 bits per heavy atom. The molecule has 15 heteroatoms. The highest BCUT2D eigenvalue weighted by Gasteiger charge is 2.33. The lowest BCUT2D eigenvalue weighted by molar-refractivity contribution is -0.137. The first-order valence-electron chi connectivity index (χ1n) is 14.1. The first-order valence-corrected chi connectivity index (χ1v) is 16.3. The van der Waals surface area contributed by atoms with Crippen molar-refractivity contribution in [2.24, 2.45) is 5.73 Å². The number of primary amides is 1. The highest BCUT2D eigenvalue weighted by Crippen LogP contribution is 2.34. The van der Waals surface area contributed by atoms with Gasteiger partial charge in [0.05, 0.1) is 30.2 Å². The number of β-amino-alcohol motifs (C(OH)–C–C–N with tert-alkyl or cyclic N) is 1. The first-order chi connectivity index (χ1) is 20.7. The van der Waals surface area contributed by atoms with Crippen LogP contribution in [0.3, 0.4) is 0 Å².